The van der Waals surface area contributed by atoms with Gasteiger partial charge in [-0.2, -0.15) is 0 Å². The Kier molecular flexibility index (Phi) is 5.75. The summed E-state index contributed by atoms with van der Waals surface area (Å²) in [6, 6.07) is 7.68. The lowest BCUT2D eigenvalue weighted by atomic mass is 10.2. The van der Waals surface area contributed by atoms with E-state index in [1.54, 1.807) is 6.20 Å². The zero-order valence-electron chi connectivity index (χ0n) is 17.3. The number of carbonyl (C=O) groups excluding carboxylic acids is 1. The average Bonchev–Trinajstić information content (AvgIpc) is 3.42. The fraction of sp³-hybridized carbons (Fsp3) is 0.286. The van der Waals surface area contributed by atoms with Gasteiger partial charge >= 0.3 is 0 Å². The zero-order chi connectivity index (χ0) is 21.9. The minimum atomic E-state index is -0.405. The molecule has 11 heteroatoms. The number of aryl methyl sites for hydroxylation is 1. The molecule has 4 aromatic heterocycles. The van der Waals surface area contributed by atoms with Crippen molar-refractivity contribution in [2.75, 3.05) is 11.9 Å². The number of nitrogens with zero attached hydrogens (tertiary/aromatic N) is 5. The van der Waals surface area contributed by atoms with Gasteiger partial charge in [-0.15, -0.1) is 0 Å². The standard InChI is InChI=1S/C21H21N7O3S/c1-13-18(28-10-4-2-6-16(28)24-13)14-8-9-22-20(25-14)26-21-23-12-15(32-21)19(29)27-31-17-7-3-5-11-30-17/h2,4,6,8-10,12,17H,3,5,7,11H2,1H3,(H,27,29)(H,22,23,25,26). The van der Waals surface area contributed by atoms with E-state index >= 15 is 0 Å². The number of hydrogen-bond donors (Lipinski definition) is 2. The van der Waals surface area contributed by atoms with Gasteiger partial charge in [0, 0.05) is 25.4 Å². The number of imidazole rings is 1. The molecule has 1 unspecified atom stereocenters. The maximum absolute atomic E-state index is 12.3. The molecule has 0 bridgehead atoms. The smallest absolute Gasteiger partial charge is 0.286 e. The van der Waals surface area contributed by atoms with Gasteiger partial charge in [-0.1, -0.05) is 17.4 Å². The van der Waals surface area contributed by atoms with Gasteiger partial charge in [-0.3, -0.25) is 9.20 Å². The van der Waals surface area contributed by atoms with Crippen molar-refractivity contribution in [1.82, 2.24) is 29.8 Å². The highest BCUT2D eigenvalue weighted by Gasteiger charge is 2.18. The van der Waals surface area contributed by atoms with Crippen molar-refractivity contribution < 1.29 is 14.4 Å². The van der Waals surface area contributed by atoms with Crippen LogP contribution in [0.4, 0.5) is 11.1 Å². The van der Waals surface area contributed by atoms with Crippen LogP contribution in [0.25, 0.3) is 17.0 Å². The quantitative estimate of drug-likeness (QED) is 0.428. The van der Waals surface area contributed by atoms with Gasteiger partial charge in [0.2, 0.25) is 5.95 Å². The second kappa shape index (κ2) is 8.99. The molecule has 5 rings (SSSR count). The third-order valence-corrected chi connectivity index (χ3v) is 5.88. The molecule has 0 radical (unpaired) electrons. The first kappa shape index (κ1) is 20.5. The van der Waals surface area contributed by atoms with Gasteiger partial charge in [0.1, 0.15) is 10.5 Å². The molecule has 0 aromatic carbocycles. The lowest BCUT2D eigenvalue weighted by Gasteiger charge is -2.21. The molecule has 1 amide bonds. The van der Waals surface area contributed by atoms with Crippen LogP contribution in [0.2, 0.25) is 0 Å². The Labute approximate surface area is 187 Å². The predicted octanol–water partition coefficient (Wildman–Crippen LogP) is 3.49. The maximum Gasteiger partial charge on any atom is 0.286 e. The van der Waals surface area contributed by atoms with Crippen LogP contribution >= 0.6 is 11.3 Å². The third-order valence-electron chi connectivity index (χ3n) is 4.97. The van der Waals surface area contributed by atoms with Crippen molar-refractivity contribution in [3.63, 3.8) is 0 Å². The summed E-state index contributed by atoms with van der Waals surface area (Å²) >= 11 is 1.18. The molecule has 2 N–H and O–H groups in total. The maximum atomic E-state index is 12.3. The Hall–Kier alpha value is -3.41. The molecule has 0 aliphatic carbocycles. The first-order valence-electron chi connectivity index (χ1n) is 10.2. The van der Waals surface area contributed by atoms with E-state index in [-0.39, 0.29) is 5.91 Å². The van der Waals surface area contributed by atoms with E-state index in [0.717, 1.165) is 42.0 Å². The predicted molar refractivity (Wildman–Crippen MR) is 118 cm³/mol. The van der Waals surface area contributed by atoms with Gasteiger partial charge in [-0.05, 0) is 38.0 Å². The van der Waals surface area contributed by atoms with Crippen molar-refractivity contribution in [3.05, 3.63) is 53.4 Å². The van der Waals surface area contributed by atoms with Gasteiger partial charge in [0.25, 0.3) is 5.91 Å². The number of thiazole rings is 1. The number of fused-ring (bicyclic) bond motifs is 1. The topological polar surface area (TPSA) is 116 Å². The number of carbonyl (C=O) groups is 1. The molecule has 32 heavy (non-hydrogen) atoms. The number of amides is 1. The Balaban J connectivity index is 1.29. The van der Waals surface area contributed by atoms with Crippen LogP contribution in [0.1, 0.15) is 34.6 Å². The minimum Gasteiger partial charge on any atom is -0.350 e. The van der Waals surface area contributed by atoms with Gasteiger partial charge in [-0.25, -0.2) is 30.3 Å². The second-order valence-electron chi connectivity index (χ2n) is 7.24. The van der Waals surface area contributed by atoms with Crippen molar-refractivity contribution in [1.29, 1.82) is 0 Å². The van der Waals surface area contributed by atoms with E-state index in [0.29, 0.717) is 22.6 Å². The Bertz CT molecular complexity index is 1250. The molecule has 0 spiro atoms. The van der Waals surface area contributed by atoms with Crippen LogP contribution in [-0.4, -0.2) is 43.1 Å². The molecule has 10 nitrogen and oxygen atoms in total. The first-order chi connectivity index (χ1) is 15.7. The highest BCUT2D eigenvalue weighted by molar-refractivity contribution is 7.17. The molecule has 4 aromatic rings. The van der Waals surface area contributed by atoms with Crippen LogP contribution in [0, 0.1) is 6.92 Å². The molecule has 164 valence electrons. The molecule has 1 aliphatic heterocycles. The molecular weight excluding hydrogens is 430 g/mol. The van der Waals surface area contributed by atoms with Crippen LogP contribution in [0.5, 0.6) is 0 Å². The summed E-state index contributed by atoms with van der Waals surface area (Å²) < 4.78 is 7.43. The minimum absolute atomic E-state index is 0.374. The van der Waals surface area contributed by atoms with Crippen LogP contribution in [-0.2, 0) is 9.57 Å². The van der Waals surface area contributed by atoms with E-state index in [1.165, 1.54) is 17.5 Å². The van der Waals surface area contributed by atoms with Gasteiger partial charge in [0.05, 0.1) is 23.3 Å². The normalized spacial score (nSPS) is 16.2. The van der Waals surface area contributed by atoms with E-state index in [4.69, 9.17) is 9.57 Å². The molecule has 1 aliphatic rings. The number of pyridine rings is 1. The van der Waals surface area contributed by atoms with Crippen LogP contribution < -0.4 is 10.8 Å². The molecule has 1 fully saturated rings. The van der Waals surface area contributed by atoms with E-state index in [9.17, 15) is 4.79 Å². The van der Waals surface area contributed by atoms with Crippen molar-refractivity contribution in [2.45, 2.75) is 32.5 Å². The Morgan fingerprint density at radius 2 is 2.19 bits per heavy atom. The Morgan fingerprint density at radius 3 is 3.06 bits per heavy atom. The summed E-state index contributed by atoms with van der Waals surface area (Å²) in [5, 5.41) is 3.56. The number of ether oxygens (including phenoxy) is 1. The largest absolute Gasteiger partial charge is 0.350 e. The molecule has 1 saturated heterocycles. The van der Waals surface area contributed by atoms with Crippen molar-refractivity contribution in [3.8, 4) is 11.4 Å². The summed E-state index contributed by atoms with van der Waals surface area (Å²) in [5.74, 6) is 0.00157. The second-order valence-corrected chi connectivity index (χ2v) is 8.27. The lowest BCUT2D eigenvalue weighted by molar-refractivity contribution is -0.186. The van der Waals surface area contributed by atoms with Crippen molar-refractivity contribution in [2.24, 2.45) is 0 Å². The highest BCUT2D eigenvalue weighted by Crippen LogP contribution is 2.25. The Morgan fingerprint density at radius 1 is 1.25 bits per heavy atom. The monoisotopic (exact) mass is 451 g/mol. The van der Waals surface area contributed by atoms with E-state index in [2.05, 4.69) is 30.7 Å². The number of hydrogen-bond acceptors (Lipinski definition) is 9. The number of aromatic nitrogens is 5. The fourth-order valence-electron chi connectivity index (χ4n) is 3.48. The van der Waals surface area contributed by atoms with Gasteiger partial charge in [0.15, 0.2) is 11.4 Å². The summed E-state index contributed by atoms with van der Waals surface area (Å²) in [7, 11) is 0. The highest BCUT2D eigenvalue weighted by atomic mass is 32.1. The van der Waals surface area contributed by atoms with Crippen LogP contribution in [0.3, 0.4) is 0 Å². The summed E-state index contributed by atoms with van der Waals surface area (Å²) in [5.41, 5.74) is 5.78. The zero-order valence-corrected chi connectivity index (χ0v) is 18.1. The van der Waals surface area contributed by atoms with E-state index in [1.807, 2.05) is 41.8 Å². The number of rotatable bonds is 6. The van der Waals surface area contributed by atoms with E-state index < -0.39 is 6.29 Å². The lowest BCUT2D eigenvalue weighted by Crippen LogP contribution is -2.32. The fourth-order valence-corrected chi connectivity index (χ4v) is 4.17. The number of nitrogens with one attached hydrogen (secondary N) is 2. The van der Waals surface area contributed by atoms with Gasteiger partial charge < -0.3 is 10.1 Å². The number of hydroxylamine groups is 1. The molecular formula is C21H21N7O3S. The molecule has 1 atom stereocenters. The molecule has 0 saturated carbocycles. The summed E-state index contributed by atoms with van der Waals surface area (Å²) in [4.78, 5) is 35.8. The third kappa shape index (κ3) is 4.31. The first-order valence-corrected chi connectivity index (χ1v) is 11.1. The summed E-state index contributed by atoms with van der Waals surface area (Å²) in [6.45, 7) is 2.59. The van der Waals surface area contributed by atoms with Crippen LogP contribution in [0.15, 0.2) is 42.9 Å². The SMILES string of the molecule is Cc1nc2ccccn2c1-c1ccnc(Nc2ncc(C(=O)NOC3CCCCO3)s2)n1. The number of anilines is 2. The average molecular weight is 452 g/mol. The molecule has 5 heterocycles. The summed E-state index contributed by atoms with van der Waals surface area (Å²) in [6.07, 6.45) is 7.48. The van der Waals surface area contributed by atoms with Crippen molar-refractivity contribution >= 4 is 34.0 Å².